The fraction of sp³-hybridized carbons (Fsp3) is 0.889. The zero-order chi connectivity index (χ0) is 11.6. The van der Waals surface area contributed by atoms with E-state index in [2.05, 4.69) is 86.6 Å². The molecule has 0 aromatic heterocycles. The SMILES string of the molecule is CC1CN(C)CCC1OC(=O)C(I)(I)I. The number of hydrogen-bond donors (Lipinski definition) is 0. The minimum atomic E-state index is -0.476. The van der Waals surface area contributed by atoms with Crippen molar-refractivity contribution in [1.29, 1.82) is 0 Å². The Hall–Kier alpha value is 1.62. The molecule has 15 heavy (non-hydrogen) atoms. The number of carbonyl (C=O) groups excluding carboxylic acids is 1. The molecule has 0 aliphatic carbocycles. The van der Waals surface area contributed by atoms with Crippen LogP contribution in [0.15, 0.2) is 0 Å². The molecule has 1 aliphatic rings. The quantitative estimate of drug-likeness (QED) is 0.302. The average Bonchev–Trinajstić information content (AvgIpc) is 2.08. The second-order valence-corrected chi connectivity index (χ2v) is 15.0. The summed E-state index contributed by atoms with van der Waals surface area (Å²) in [7, 11) is 2.10. The molecular weight excluding hydrogens is 535 g/mol. The van der Waals surface area contributed by atoms with Gasteiger partial charge in [-0.2, -0.15) is 0 Å². The predicted octanol–water partition coefficient (Wildman–Crippen LogP) is 2.83. The molecule has 1 saturated heterocycles. The number of piperidine rings is 1. The third-order valence-corrected chi connectivity index (χ3v) is 3.84. The van der Waals surface area contributed by atoms with E-state index in [-0.39, 0.29) is 12.1 Å². The number of hydrogen-bond acceptors (Lipinski definition) is 3. The molecule has 0 radical (unpaired) electrons. The monoisotopic (exact) mass is 549 g/mol. The van der Waals surface area contributed by atoms with Gasteiger partial charge in [0.25, 0.3) is 0 Å². The maximum Gasteiger partial charge on any atom is 0.342 e. The van der Waals surface area contributed by atoms with Crippen molar-refractivity contribution in [1.82, 2.24) is 4.90 Å². The maximum absolute atomic E-state index is 11.7. The van der Waals surface area contributed by atoms with Gasteiger partial charge < -0.3 is 9.64 Å². The zero-order valence-electron chi connectivity index (χ0n) is 8.67. The minimum Gasteiger partial charge on any atom is -0.460 e. The van der Waals surface area contributed by atoms with Crippen molar-refractivity contribution in [2.24, 2.45) is 5.92 Å². The first-order valence-corrected chi connectivity index (χ1v) is 8.00. The molecule has 0 spiro atoms. The van der Waals surface area contributed by atoms with Gasteiger partial charge in [0.1, 0.15) is 6.10 Å². The van der Waals surface area contributed by atoms with Crippen molar-refractivity contribution in [2.75, 3.05) is 20.1 Å². The normalized spacial score (nSPS) is 28.9. The Labute approximate surface area is 131 Å². The fourth-order valence-corrected chi connectivity index (χ4v) is 2.09. The lowest BCUT2D eigenvalue weighted by atomic mass is 9.97. The summed E-state index contributed by atoms with van der Waals surface area (Å²) in [5, 5.41) is 0. The highest BCUT2D eigenvalue weighted by Gasteiger charge is 2.35. The van der Waals surface area contributed by atoms with Crippen LogP contribution in [-0.2, 0) is 9.53 Å². The topological polar surface area (TPSA) is 29.5 Å². The van der Waals surface area contributed by atoms with Gasteiger partial charge in [-0.25, -0.2) is 4.79 Å². The molecule has 0 aromatic rings. The van der Waals surface area contributed by atoms with Crippen LogP contribution in [0.25, 0.3) is 0 Å². The smallest absolute Gasteiger partial charge is 0.342 e. The Bertz CT molecular complexity index is 242. The van der Waals surface area contributed by atoms with Crippen molar-refractivity contribution < 1.29 is 9.53 Å². The summed E-state index contributed by atoms with van der Waals surface area (Å²) in [5.41, 5.74) is 0. The Morgan fingerprint density at radius 1 is 1.47 bits per heavy atom. The number of nitrogens with zero attached hydrogens (tertiary/aromatic N) is 1. The summed E-state index contributed by atoms with van der Waals surface area (Å²) in [4.78, 5) is 14.0. The molecular formula is C9H14I3NO2. The molecule has 0 aromatic carbocycles. The molecule has 0 bridgehead atoms. The first-order chi connectivity index (χ1) is 6.80. The van der Waals surface area contributed by atoms with E-state index >= 15 is 0 Å². The van der Waals surface area contributed by atoms with Gasteiger partial charge in [0.2, 0.25) is -0.565 Å². The number of likely N-dealkylation sites (tertiary alicyclic amines) is 1. The highest BCUT2D eigenvalue weighted by molar-refractivity contribution is 14.3. The predicted molar refractivity (Wildman–Crippen MR) is 85.9 cm³/mol. The Morgan fingerprint density at radius 3 is 2.53 bits per heavy atom. The van der Waals surface area contributed by atoms with Gasteiger partial charge >= 0.3 is 5.97 Å². The van der Waals surface area contributed by atoms with Crippen LogP contribution in [0.5, 0.6) is 0 Å². The first kappa shape index (κ1) is 14.7. The molecule has 3 nitrogen and oxygen atoms in total. The van der Waals surface area contributed by atoms with Gasteiger partial charge in [-0.1, -0.05) is 6.92 Å². The van der Waals surface area contributed by atoms with Gasteiger partial charge in [-0.05, 0) is 81.2 Å². The molecule has 0 amide bonds. The van der Waals surface area contributed by atoms with E-state index in [1.165, 1.54) is 0 Å². The lowest BCUT2D eigenvalue weighted by Gasteiger charge is -2.34. The molecule has 2 atom stereocenters. The summed E-state index contributed by atoms with van der Waals surface area (Å²) in [6.07, 6.45) is 1.04. The summed E-state index contributed by atoms with van der Waals surface area (Å²) in [5.74, 6) is 0.310. The second kappa shape index (κ2) is 5.98. The molecule has 1 heterocycles. The summed E-state index contributed by atoms with van der Waals surface area (Å²) in [6.45, 7) is 4.16. The summed E-state index contributed by atoms with van der Waals surface area (Å²) >= 11 is 6.29. The lowest BCUT2D eigenvalue weighted by molar-refractivity contribution is -0.151. The van der Waals surface area contributed by atoms with Crippen LogP contribution in [0.4, 0.5) is 0 Å². The standard InChI is InChI=1S/C9H14I3NO2/c1-6-5-13(2)4-3-7(6)15-8(14)9(10,11)12/h6-7H,3-5H2,1-2H3. The summed E-state index contributed by atoms with van der Waals surface area (Å²) in [6, 6.07) is 0. The lowest BCUT2D eigenvalue weighted by Crippen LogP contribution is -2.43. The van der Waals surface area contributed by atoms with Crippen molar-refractivity contribution in [3.05, 3.63) is 0 Å². The van der Waals surface area contributed by atoms with E-state index in [4.69, 9.17) is 4.74 Å². The number of halogens is 3. The van der Waals surface area contributed by atoms with Crippen LogP contribution < -0.4 is 0 Å². The van der Waals surface area contributed by atoms with Crippen molar-refractivity contribution >= 4 is 73.7 Å². The molecule has 0 N–H and O–H groups in total. The van der Waals surface area contributed by atoms with Gasteiger partial charge in [0.05, 0.1) is 0 Å². The van der Waals surface area contributed by atoms with Crippen molar-refractivity contribution in [3.8, 4) is 0 Å². The van der Waals surface area contributed by atoms with Crippen LogP contribution in [0.1, 0.15) is 13.3 Å². The van der Waals surface area contributed by atoms with Crippen LogP contribution in [-0.4, -0.2) is 36.5 Å². The Balaban J connectivity index is 2.49. The number of ether oxygens (including phenoxy) is 1. The molecule has 2 unspecified atom stereocenters. The van der Waals surface area contributed by atoms with Crippen molar-refractivity contribution in [2.45, 2.75) is 18.9 Å². The van der Waals surface area contributed by atoms with E-state index in [1.807, 2.05) is 0 Å². The number of carbonyl (C=O) groups is 1. The number of alkyl halides is 3. The van der Waals surface area contributed by atoms with Crippen LogP contribution in [0.3, 0.4) is 0 Å². The number of rotatable bonds is 2. The van der Waals surface area contributed by atoms with Crippen LogP contribution >= 0.6 is 67.8 Å². The fourth-order valence-electron chi connectivity index (χ4n) is 1.71. The molecule has 1 aliphatic heterocycles. The number of esters is 1. The van der Waals surface area contributed by atoms with Gasteiger partial charge in [0, 0.05) is 19.0 Å². The Morgan fingerprint density at radius 2 is 2.07 bits per heavy atom. The third kappa shape index (κ3) is 4.78. The zero-order valence-corrected chi connectivity index (χ0v) is 15.1. The molecule has 6 heteroatoms. The third-order valence-electron chi connectivity index (χ3n) is 2.52. The first-order valence-electron chi connectivity index (χ1n) is 4.77. The molecule has 88 valence electrons. The molecule has 1 fully saturated rings. The van der Waals surface area contributed by atoms with E-state index in [0.717, 1.165) is 19.5 Å². The second-order valence-electron chi connectivity index (χ2n) is 3.97. The van der Waals surface area contributed by atoms with Gasteiger partial charge in [0.15, 0.2) is 0 Å². The maximum atomic E-state index is 11.7. The largest absolute Gasteiger partial charge is 0.460 e. The van der Waals surface area contributed by atoms with E-state index < -0.39 is -0.565 Å². The van der Waals surface area contributed by atoms with Crippen LogP contribution in [0.2, 0.25) is 0 Å². The average molecular weight is 549 g/mol. The highest BCUT2D eigenvalue weighted by atomic mass is 127. The van der Waals surface area contributed by atoms with E-state index in [0.29, 0.717) is 5.92 Å². The van der Waals surface area contributed by atoms with Crippen LogP contribution in [0, 0.1) is 5.92 Å². The molecule has 0 saturated carbocycles. The van der Waals surface area contributed by atoms with Gasteiger partial charge in [-0.15, -0.1) is 0 Å². The van der Waals surface area contributed by atoms with E-state index in [1.54, 1.807) is 0 Å². The van der Waals surface area contributed by atoms with E-state index in [9.17, 15) is 4.79 Å². The highest BCUT2D eigenvalue weighted by Crippen LogP contribution is 2.37. The minimum absolute atomic E-state index is 0.0902. The molecule has 1 rings (SSSR count). The summed E-state index contributed by atoms with van der Waals surface area (Å²) < 4.78 is 5.05. The van der Waals surface area contributed by atoms with Crippen molar-refractivity contribution in [3.63, 3.8) is 0 Å². The Kier molecular flexibility index (Phi) is 5.86. The van der Waals surface area contributed by atoms with Gasteiger partial charge in [-0.3, -0.25) is 0 Å².